The highest BCUT2D eigenvalue weighted by atomic mass is 16.5. The van der Waals surface area contributed by atoms with Gasteiger partial charge in [-0.25, -0.2) is 4.52 Å². The number of nitrogens with zero attached hydrogens (tertiary/aromatic N) is 2. The quantitative estimate of drug-likeness (QED) is 0.673. The molecule has 3 aromatic rings. The number of rotatable bonds is 3. The Morgan fingerprint density at radius 1 is 1.16 bits per heavy atom. The topological polar surface area (TPSA) is 43.6 Å². The lowest BCUT2D eigenvalue weighted by Gasteiger charge is -2.01. The standard InChI is InChI=1S/C15H12N2O2/c1-19-12-7-5-11(6-8-12)15-13(10-18)14-4-2-3-9-17(14)16-15/h2-10H,1H3. The first-order valence-corrected chi connectivity index (χ1v) is 5.90. The summed E-state index contributed by atoms with van der Waals surface area (Å²) in [6.45, 7) is 0. The fourth-order valence-electron chi connectivity index (χ4n) is 2.10. The molecule has 0 unspecified atom stereocenters. The molecule has 0 fully saturated rings. The van der Waals surface area contributed by atoms with Crippen LogP contribution in [0.15, 0.2) is 48.7 Å². The van der Waals surface area contributed by atoms with Gasteiger partial charge in [0.25, 0.3) is 0 Å². The van der Waals surface area contributed by atoms with E-state index >= 15 is 0 Å². The van der Waals surface area contributed by atoms with Crippen LogP contribution in [0.5, 0.6) is 5.75 Å². The van der Waals surface area contributed by atoms with Crippen LogP contribution in [0.4, 0.5) is 0 Å². The van der Waals surface area contributed by atoms with Gasteiger partial charge in [-0.2, -0.15) is 5.10 Å². The number of hydrogen-bond acceptors (Lipinski definition) is 3. The van der Waals surface area contributed by atoms with Gasteiger partial charge in [0.1, 0.15) is 11.4 Å². The molecule has 3 rings (SSSR count). The van der Waals surface area contributed by atoms with Crippen LogP contribution in [0.3, 0.4) is 0 Å². The molecule has 0 aliphatic heterocycles. The Morgan fingerprint density at radius 3 is 2.63 bits per heavy atom. The molecule has 0 aliphatic rings. The van der Waals surface area contributed by atoms with Gasteiger partial charge in [-0.3, -0.25) is 4.79 Å². The molecule has 94 valence electrons. The van der Waals surface area contributed by atoms with E-state index in [1.807, 2.05) is 48.7 Å². The Bertz CT molecular complexity index is 729. The van der Waals surface area contributed by atoms with E-state index in [1.54, 1.807) is 11.6 Å². The van der Waals surface area contributed by atoms with Crippen LogP contribution in [-0.2, 0) is 0 Å². The van der Waals surface area contributed by atoms with Crippen molar-refractivity contribution < 1.29 is 9.53 Å². The molecule has 0 radical (unpaired) electrons. The number of carbonyl (C=O) groups is 1. The largest absolute Gasteiger partial charge is 0.497 e. The van der Waals surface area contributed by atoms with Gasteiger partial charge in [0, 0.05) is 11.8 Å². The Kier molecular flexibility index (Phi) is 2.76. The second-order valence-corrected chi connectivity index (χ2v) is 4.14. The number of hydrogen-bond donors (Lipinski definition) is 0. The number of aromatic nitrogens is 2. The van der Waals surface area contributed by atoms with Gasteiger partial charge in [0.2, 0.25) is 0 Å². The maximum absolute atomic E-state index is 11.3. The average Bonchev–Trinajstić information content (AvgIpc) is 2.85. The van der Waals surface area contributed by atoms with Crippen molar-refractivity contribution in [2.45, 2.75) is 0 Å². The molecule has 1 aromatic carbocycles. The van der Waals surface area contributed by atoms with Gasteiger partial charge >= 0.3 is 0 Å². The van der Waals surface area contributed by atoms with Crippen LogP contribution in [0, 0.1) is 0 Å². The molecular weight excluding hydrogens is 240 g/mol. The minimum absolute atomic E-state index is 0.603. The zero-order valence-electron chi connectivity index (χ0n) is 10.4. The van der Waals surface area contributed by atoms with Crippen molar-refractivity contribution in [1.29, 1.82) is 0 Å². The second kappa shape index (κ2) is 4.57. The summed E-state index contributed by atoms with van der Waals surface area (Å²) in [6, 6.07) is 13.2. The number of fused-ring (bicyclic) bond motifs is 1. The van der Waals surface area contributed by atoms with Crippen molar-refractivity contribution in [2.24, 2.45) is 0 Å². The normalized spacial score (nSPS) is 10.6. The average molecular weight is 252 g/mol. The van der Waals surface area contributed by atoms with Crippen LogP contribution < -0.4 is 4.74 Å². The zero-order valence-corrected chi connectivity index (χ0v) is 10.4. The van der Waals surface area contributed by atoms with Crippen LogP contribution in [0.1, 0.15) is 10.4 Å². The monoisotopic (exact) mass is 252 g/mol. The van der Waals surface area contributed by atoms with Crippen molar-refractivity contribution >= 4 is 11.8 Å². The molecule has 4 heteroatoms. The van der Waals surface area contributed by atoms with Crippen LogP contribution in [-0.4, -0.2) is 23.0 Å². The van der Waals surface area contributed by atoms with E-state index in [1.165, 1.54) is 0 Å². The highest BCUT2D eigenvalue weighted by Crippen LogP contribution is 2.26. The van der Waals surface area contributed by atoms with Gasteiger partial charge in [0.05, 0.1) is 18.2 Å². The Morgan fingerprint density at radius 2 is 1.95 bits per heavy atom. The summed E-state index contributed by atoms with van der Waals surface area (Å²) in [5.74, 6) is 0.778. The maximum atomic E-state index is 11.3. The molecule has 2 heterocycles. The summed E-state index contributed by atoms with van der Waals surface area (Å²) in [6.07, 6.45) is 2.68. The Balaban J connectivity index is 2.20. The number of pyridine rings is 1. The predicted molar refractivity (Wildman–Crippen MR) is 72.6 cm³/mol. The van der Waals surface area contributed by atoms with E-state index in [-0.39, 0.29) is 0 Å². The molecule has 0 amide bonds. The van der Waals surface area contributed by atoms with Crippen molar-refractivity contribution in [2.75, 3.05) is 7.11 Å². The van der Waals surface area contributed by atoms with Crippen molar-refractivity contribution in [3.63, 3.8) is 0 Å². The molecule has 0 bridgehead atoms. The lowest BCUT2D eigenvalue weighted by atomic mass is 10.1. The molecule has 0 atom stereocenters. The molecule has 2 aromatic heterocycles. The molecule has 0 spiro atoms. The molecule has 0 aliphatic carbocycles. The number of benzene rings is 1. The third-order valence-corrected chi connectivity index (χ3v) is 3.06. The van der Waals surface area contributed by atoms with Crippen molar-refractivity contribution in [3.05, 3.63) is 54.2 Å². The first-order valence-electron chi connectivity index (χ1n) is 5.90. The fraction of sp³-hybridized carbons (Fsp3) is 0.0667. The predicted octanol–water partition coefficient (Wildman–Crippen LogP) is 2.82. The molecular formula is C15H12N2O2. The number of methoxy groups -OCH3 is 1. The summed E-state index contributed by atoms with van der Waals surface area (Å²) in [7, 11) is 1.62. The summed E-state index contributed by atoms with van der Waals surface area (Å²) in [5, 5.41) is 4.45. The Labute approximate surface area is 110 Å². The summed E-state index contributed by atoms with van der Waals surface area (Å²) < 4.78 is 6.84. The Hall–Kier alpha value is -2.62. The van der Waals surface area contributed by atoms with E-state index < -0.39 is 0 Å². The number of aldehydes is 1. The number of carbonyl (C=O) groups excluding carboxylic acids is 1. The van der Waals surface area contributed by atoms with E-state index in [4.69, 9.17) is 4.74 Å². The van der Waals surface area contributed by atoms with Crippen LogP contribution >= 0.6 is 0 Å². The summed E-state index contributed by atoms with van der Waals surface area (Å²) in [5.41, 5.74) is 2.99. The summed E-state index contributed by atoms with van der Waals surface area (Å²) >= 11 is 0. The third kappa shape index (κ3) is 1.87. The minimum Gasteiger partial charge on any atom is -0.497 e. The lowest BCUT2D eigenvalue weighted by Crippen LogP contribution is -1.86. The molecule has 4 nitrogen and oxygen atoms in total. The van der Waals surface area contributed by atoms with Gasteiger partial charge in [0.15, 0.2) is 6.29 Å². The van der Waals surface area contributed by atoms with E-state index in [0.717, 1.165) is 23.1 Å². The highest BCUT2D eigenvalue weighted by Gasteiger charge is 2.13. The number of ether oxygens (including phenoxy) is 1. The lowest BCUT2D eigenvalue weighted by molar-refractivity contribution is 0.112. The van der Waals surface area contributed by atoms with E-state index in [0.29, 0.717) is 11.3 Å². The van der Waals surface area contributed by atoms with Crippen molar-refractivity contribution in [3.8, 4) is 17.0 Å². The zero-order chi connectivity index (χ0) is 13.2. The maximum Gasteiger partial charge on any atom is 0.154 e. The molecule has 0 saturated heterocycles. The van der Waals surface area contributed by atoms with Gasteiger partial charge < -0.3 is 4.74 Å². The third-order valence-electron chi connectivity index (χ3n) is 3.06. The highest BCUT2D eigenvalue weighted by molar-refractivity contribution is 5.94. The SMILES string of the molecule is COc1ccc(-c2nn3ccccc3c2C=O)cc1. The van der Waals surface area contributed by atoms with Gasteiger partial charge in [-0.15, -0.1) is 0 Å². The molecule has 0 saturated carbocycles. The van der Waals surface area contributed by atoms with E-state index in [9.17, 15) is 4.79 Å². The van der Waals surface area contributed by atoms with E-state index in [2.05, 4.69) is 5.10 Å². The van der Waals surface area contributed by atoms with Crippen LogP contribution in [0.25, 0.3) is 16.8 Å². The summed E-state index contributed by atoms with van der Waals surface area (Å²) in [4.78, 5) is 11.3. The first kappa shape index (κ1) is 11.5. The molecule has 19 heavy (non-hydrogen) atoms. The first-order chi connectivity index (χ1) is 9.33. The van der Waals surface area contributed by atoms with Gasteiger partial charge in [-0.1, -0.05) is 6.07 Å². The van der Waals surface area contributed by atoms with Gasteiger partial charge in [-0.05, 0) is 36.4 Å². The van der Waals surface area contributed by atoms with Crippen LogP contribution in [0.2, 0.25) is 0 Å². The second-order valence-electron chi connectivity index (χ2n) is 4.14. The van der Waals surface area contributed by atoms with Crippen molar-refractivity contribution in [1.82, 2.24) is 9.61 Å². The smallest absolute Gasteiger partial charge is 0.154 e. The fourth-order valence-corrected chi connectivity index (χ4v) is 2.10. The molecule has 0 N–H and O–H groups in total. The minimum atomic E-state index is 0.603.